The number of carbonyl (C=O) groups is 1. The predicted octanol–water partition coefficient (Wildman–Crippen LogP) is 2.30. The highest BCUT2D eigenvalue weighted by Gasteiger charge is 2.58. The summed E-state index contributed by atoms with van der Waals surface area (Å²) in [6.07, 6.45) is 2.12. The van der Waals surface area contributed by atoms with Crippen molar-refractivity contribution in [2.45, 2.75) is 51.2 Å². The lowest BCUT2D eigenvalue weighted by Crippen LogP contribution is -2.49. The van der Waals surface area contributed by atoms with Gasteiger partial charge in [-0.05, 0) is 39.5 Å². The summed E-state index contributed by atoms with van der Waals surface area (Å²) in [5, 5.41) is 8.82. The topological polar surface area (TPSA) is 53.3 Å². The third-order valence-corrected chi connectivity index (χ3v) is 3.37. The lowest BCUT2D eigenvalue weighted by molar-refractivity contribution is 0.00801. The van der Waals surface area contributed by atoms with Crippen molar-refractivity contribution in [3.05, 3.63) is 0 Å². The van der Waals surface area contributed by atoms with Gasteiger partial charge < -0.3 is 9.64 Å². The van der Waals surface area contributed by atoms with Crippen LogP contribution in [0.25, 0.3) is 0 Å². The van der Waals surface area contributed by atoms with Crippen LogP contribution >= 0.6 is 0 Å². The number of hydrogen-bond donors (Lipinski definition) is 0. The maximum Gasteiger partial charge on any atom is 0.410 e. The monoisotopic (exact) mass is 222 g/mol. The van der Waals surface area contributed by atoms with Crippen LogP contribution in [0.2, 0.25) is 0 Å². The van der Waals surface area contributed by atoms with Crippen molar-refractivity contribution >= 4 is 6.09 Å². The van der Waals surface area contributed by atoms with Crippen LogP contribution in [0.4, 0.5) is 4.79 Å². The molecule has 16 heavy (non-hydrogen) atoms. The third kappa shape index (κ3) is 1.75. The number of nitriles is 1. The number of nitrogens with zero attached hydrogens (tertiary/aromatic N) is 2. The molecule has 3 rings (SSSR count). The molecule has 0 aromatic rings. The molecule has 3 aliphatic rings. The zero-order valence-electron chi connectivity index (χ0n) is 10.1. The van der Waals surface area contributed by atoms with Gasteiger partial charge in [-0.1, -0.05) is 0 Å². The molecule has 0 N–H and O–H groups in total. The summed E-state index contributed by atoms with van der Waals surface area (Å²) in [6.45, 7) is 6.35. The lowest BCUT2D eigenvalue weighted by Gasteiger charge is -2.40. The Hall–Kier alpha value is -1.24. The fourth-order valence-corrected chi connectivity index (χ4v) is 2.79. The zero-order chi connectivity index (χ0) is 12.0. The maximum absolute atomic E-state index is 12.0. The van der Waals surface area contributed by atoms with Crippen LogP contribution in [-0.2, 0) is 4.74 Å². The molecule has 2 heterocycles. The van der Waals surface area contributed by atoms with E-state index >= 15 is 0 Å². The normalized spacial score (nSPS) is 31.9. The van der Waals surface area contributed by atoms with Crippen LogP contribution in [0, 0.1) is 17.2 Å². The molecule has 2 bridgehead atoms. The maximum atomic E-state index is 12.0. The Labute approximate surface area is 96.2 Å². The Morgan fingerprint density at radius 2 is 2.19 bits per heavy atom. The molecule has 0 aromatic carbocycles. The van der Waals surface area contributed by atoms with Crippen LogP contribution in [-0.4, -0.2) is 28.7 Å². The van der Waals surface area contributed by atoms with Gasteiger partial charge in [0.1, 0.15) is 5.60 Å². The predicted molar refractivity (Wildman–Crippen MR) is 58.6 cm³/mol. The first-order chi connectivity index (χ1) is 7.36. The van der Waals surface area contributed by atoms with Crippen molar-refractivity contribution in [2.24, 2.45) is 5.92 Å². The molecule has 88 valence electrons. The third-order valence-electron chi connectivity index (χ3n) is 3.37. The van der Waals surface area contributed by atoms with E-state index in [9.17, 15) is 4.79 Å². The Balaban J connectivity index is 2.05. The van der Waals surface area contributed by atoms with Crippen molar-refractivity contribution in [1.29, 1.82) is 5.26 Å². The van der Waals surface area contributed by atoms with Crippen LogP contribution in [0.15, 0.2) is 0 Å². The Morgan fingerprint density at radius 3 is 2.69 bits per heavy atom. The molecule has 2 saturated heterocycles. The Morgan fingerprint density at radius 1 is 1.56 bits per heavy atom. The van der Waals surface area contributed by atoms with E-state index in [1.807, 2.05) is 20.8 Å². The number of carbonyl (C=O) groups excluding carboxylic acids is 1. The smallest absolute Gasteiger partial charge is 0.410 e. The first kappa shape index (κ1) is 11.3. The molecule has 1 aliphatic carbocycles. The lowest BCUT2D eigenvalue weighted by atomic mass is 9.72. The standard InChI is InChI=1S/C12H18N2O2/c1-11(2,3)16-10(15)14-8-9-6-12(14,7-9)4-5-13/h9H,4,6-8H2,1-3H3. The largest absolute Gasteiger partial charge is 0.444 e. The van der Waals surface area contributed by atoms with Crippen LogP contribution < -0.4 is 0 Å². The molecule has 1 amide bonds. The number of fused-ring (bicyclic) bond motifs is 1. The second kappa shape index (κ2) is 3.38. The van der Waals surface area contributed by atoms with Crippen molar-refractivity contribution < 1.29 is 9.53 Å². The van der Waals surface area contributed by atoms with E-state index in [0.717, 1.165) is 19.4 Å². The fourth-order valence-electron chi connectivity index (χ4n) is 2.79. The molecule has 1 saturated carbocycles. The Kier molecular flexibility index (Phi) is 2.37. The van der Waals surface area contributed by atoms with Crippen molar-refractivity contribution in [2.75, 3.05) is 6.54 Å². The van der Waals surface area contributed by atoms with E-state index in [1.54, 1.807) is 4.90 Å². The van der Waals surface area contributed by atoms with Gasteiger partial charge in [0.25, 0.3) is 0 Å². The van der Waals surface area contributed by atoms with E-state index in [2.05, 4.69) is 6.07 Å². The highest BCUT2D eigenvalue weighted by atomic mass is 16.6. The summed E-state index contributed by atoms with van der Waals surface area (Å²) in [7, 11) is 0. The number of ether oxygens (including phenoxy) is 1. The number of rotatable bonds is 1. The molecular weight excluding hydrogens is 204 g/mol. The summed E-state index contributed by atoms with van der Waals surface area (Å²) in [6, 6.07) is 2.19. The highest BCUT2D eigenvalue weighted by Crippen LogP contribution is 2.52. The van der Waals surface area contributed by atoms with Gasteiger partial charge in [-0.3, -0.25) is 0 Å². The quantitative estimate of drug-likeness (QED) is 0.684. The van der Waals surface area contributed by atoms with E-state index < -0.39 is 5.60 Å². The SMILES string of the molecule is CC(C)(C)OC(=O)N1CC2CC1(CC#N)C2. The average Bonchev–Trinajstić information content (AvgIpc) is 2.54. The zero-order valence-corrected chi connectivity index (χ0v) is 10.1. The van der Waals surface area contributed by atoms with Gasteiger partial charge in [0, 0.05) is 6.54 Å². The van der Waals surface area contributed by atoms with Crippen molar-refractivity contribution in [1.82, 2.24) is 4.90 Å². The first-order valence-corrected chi connectivity index (χ1v) is 5.74. The summed E-state index contributed by atoms with van der Waals surface area (Å²) in [4.78, 5) is 13.7. The van der Waals surface area contributed by atoms with E-state index in [0.29, 0.717) is 12.3 Å². The van der Waals surface area contributed by atoms with Crippen LogP contribution in [0.3, 0.4) is 0 Å². The second-order valence-electron chi connectivity index (χ2n) is 5.92. The molecule has 3 fully saturated rings. The van der Waals surface area contributed by atoms with E-state index in [-0.39, 0.29) is 11.6 Å². The molecule has 0 aromatic heterocycles. The molecule has 4 heteroatoms. The van der Waals surface area contributed by atoms with Gasteiger partial charge in [0.05, 0.1) is 18.0 Å². The summed E-state index contributed by atoms with van der Waals surface area (Å²) in [5.74, 6) is 0.584. The minimum atomic E-state index is -0.460. The van der Waals surface area contributed by atoms with Gasteiger partial charge in [-0.2, -0.15) is 5.26 Å². The molecule has 0 unspecified atom stereocenters. The Bertz CT molecular complexity index is 345. The van der Waals surface area contributed by atoms with Crippen LogP contribution in [0.1, 0.15) is 40.0 Å². The number of amides is 1. The average molecular weight is 222 g/mol. The first-order valence-electron chi connectivity index (χ1n) is 5.74. The number of hydrogen-bond acceptors (Lipinski definition) is 3. The molecule has 0 spiro atoms. The van der Waals surface area contributed by atoms with Gasteiger partial charge in [0.15, 0.2) is 0 Å². The molecule has 4 nitrogen and oxygen atoms in total. The fraction of sp³-hybridized carbons (Fsp3) is 0.833. The minimum Gasteiger partial charge on any atom is -0.444 e. The van der Waals surface area contributed by atoms with E-state index in [4.69, 9.17) is 10.00 Å². The van der Waals surface area contributed by atoms with E-state index in [1.165, 1.54) is 0 Å². The minimum absolute atomic E-state index is 0.207. The van der Waals surface area contributed by atoms with Gasteiger partial charge in [-0.25, -0.2) is 4.79 Å². The van der Waals surface area contributed by atoms with Gasteiger partial charge in [0.2, 0.25) is 0 Å². The van der Waals surface area contributed by atoms with Crippen molar-refractivity contribution in [3.8, 4) is 6.07 Å². The van der Waals surface area contributed by atoms with Gasteiger partial charge in [-0.15, -0.1) is 0 Å². The molecule has 2 aliphatic heterocycles. The second-order valence-corrected chi connectivity index (χ2v) is 5.92. The molecule has 0 atom stereocenters. The van der Waals surface area contributed by atoms with Gasteiger partial charge >= 0.3 is 6.09 Å². The highest BCUT2D eigenvalue weighted by molar-refractivity contribution is 5.70. The van der Waals surface area contributed by atoms with Crippen molar-refractivity contribution in [3.63, 3.8) is 0 Å². The summed E-state index contributed by atoms with van der Waals surface area (Å²) >= 11 is 0. The summed E-state index contributed by atoms with van der Waals surface area (Å²) < 4.78 is 5.37. The summed E-state index contributed by atoms with van der Waals surface area (Å²) in [5.41, 5.74) is -0.667. The van der Waals surface area contributed by atoms with Crippen LogP contribution in [0.5, 0.6) is 0 Å². The molecule has 0 radical (unpaired) electrons. The molecular formula is C12H18N2O2.